The van der Waals surface area contributed by atoms with Crippen LogP contribution in [-0.4, -0.2) is 52.7 Å². The molecule has 2 heterocycles. The predicted octanol–water partition coefficient (Wildman–Crippen LogP) is 0.837. The van der Waals surface area contributed by atoms with Crippen molar-refractivity contribution in [2.75, 3.05) is 32.0 Å². The first-order chi connectivity index (χ1) is 7.70. The minimum Gasteiger partial charge on any atom is -0.360 e. The van der Waals surface area contributed by atoms with Crippen LogP contribution >= 0.6 is 11.3 Å². The van der Waals surface area contributed by atoms with E-state index in [-0.39, 0.29) is 6.03 Å². The highest BCUT2D eigenvalue weighted by atomic mass is 32.1. The molecule has 1 fully saturated rings. The van der Waals surface area contributed by atoms with Crippen molar-refractivity contribution in [3.05, 3.63) is 5.01 Å². The van der Waals surface area contributed by atoms with Gasteiger partial charge in [-0.05, 0) is 6.92 Å². The van der Waals surface area contributed by atoms with Gasteiger partial charge >= 0.3 is 6.03 Å². The van der Waals surface area contributed by atoms with Crippen LogP contribution < -0.4 is 5.32 Å². The minimum atomic E-state index is 0.0696. The standard InChI is InChI=1S/C9H15N5OS/c1-3-10-8-12-11-7(16-8)6-14-5-4-13(2)9(14)15/h3-6H2,1-2H3,(H,10,12). The molecular formula is C9H15N5OS. The average Bonchev–Trinajstić information content (AvgIpc) is 2.82. The number of nitrogens with one attached hydrogen (secondary N) is 1. The van der Waals surface area contributed by atoms with Crippen molar-refractivity contribution in [3.63, 3.8) is 0 Å². The summed E-state index contributed by atoms with van der Waals surface area (Å²) in [6.45, 7) is 4.97. The summed E-state index contributed by atoms with van der Waals surface area (Å²) in [5.41, 5.74) is 0. The van der Waals surface area contributed by atoms with Crippen LogP contribution in [0.5, 0.6) is 0 Å². The van der Waals surface area contributed by atoms with Crippen LogP contribution in [0.2, 0.25) is 0 Å². The van der Waals surface area contributed by atoms with Crippen LogP contribution in [0.3, 0.4) is 0 Å². The Bertz CT molecular complexity index is 380. The van der Waals surface area contributed by atoms with E-state index in [2.05, 4.69) is 15.5 Å². The number of amides is 2. The maximum absolute atomic E-state index is 11.6. The third-order valence-corrected chi connectivity index (χ3v) is 3.29. The van der Waals surface area contributed by atoms with E-state index in [1.165, 1.54) is 11.3 Å². The van der Waals surface area contributed by atoms with Crippen LogP contribution in [-0.2, 0) is 6.54 Å². The number of carbonyl (C=O) groups excluding carboxylic acids is 1. The van der Waals surface area contributed by atoms with Gasteiger partial charge in [0.25, 0.3) is 0 Å². The molecule has 88 valence electrons. The molecule has 1 aromatic rings. The largest absolute Gasteiger partial charge is 0.360 e. The number of hydrogen-bond donors (Lipinski definition) is 1. The van der Waals surface area contributed by atoms with Crippen molar-refractivity contribution in [2.45, 2.75) is 13.5 Å². The fraction of sp³-hybridized carbons (Fsp3) is 0.667. The lowest BCUT2D eigenvalue weighted by Gasteiger charge is -2.13. The van der Waals surface area contributed by atoms with Gasteiger partial charge < -0.3 is 15.1 Å². The maximum Gasteiger partial charge on any atom is 0.320 e. The molecule has 0 unspecified atom stereocenters. The van der Waals surface area contributed by atoms with E-state index < -0.39 is 0 Å². The lowest BCUT2D eigenvalue weighted by atomic mass is 10.5. The maximum atomic E-state index is 11.6. The first-order valence-electron chi connectivity index (χ1n) is 5.27. The average molecular weight is 241 g/mol. The molecule has 0 aromatic carbocycles. The molecule has 0 aliphatic carbocycles. The third-order valence-electron chi connectivity index (χ3n) is 2.42. The van der Waals surface area contributed by atoms with Gasteiger partial charge in [0.05, 0.1) is 6.54 Å². The van der Waals surface area contributed by atoms with Gasteiger partial charge in [-0.2, -0.15) is 0 Å². The molecule has 1 saturated heterocycles. The highest BCUT2D eigenvalue weighted by Crippen LogP contribution is 2.18. The zero-order valence-electron chi connectivity index (χ0n) is 9.43. The van der Waals surface area contributed by atoms with Crippen molar-refractivity contribution in [1.29, 1.82) is 0 Å². The fourth-order valence-electron chi connectivity index (χ4n) is 1.55. The topological polar surface area (TPSA) is 61.4 Å². The highest BCUT2D eigenvalue weighted by Gasteiger charge is 2.26. The summed E-state index contributed by atoms with van der Waals surface area (Å²) in [4.78, 5) is 15.1. The minimum absolute atomic E-state index is 0.0696. The summed E-state index contributed by atoms with van der Waals surface area (Å²) in [5.74, 6) is 0. The molecule has 16 heavy (non-hydrogen) atoms. The number of nitrogens with zero attached hydrogens (tertiary/aromatic N) is 4. The molecule has 2 amide bonds. The van der Waals surface area contributed by atoms with Crippen LogP contribution in [0, 0.1) is 0 Å². The second-order valence-corrected chi connectivity index (χ2v) is 4.72. The summed E-state index contributed by atoms with van der Waals surface area (Å²) in [6, 6.07) is 0.0696. The molecule has 0 saturated carbocycles. The summed E-state index contributed by atoms with van der Waals surface area (Å²) >= 11 is 1.50. The fourth-order valence-corrected chi connectivity index (χ4v) is 2.38. The van der Waals surface area contributed by atoms with E-state index in [0.717, 1.165) is 29.8 Å². The van der Waals surface area contributed by atoms with Gasteiger partial charge in [-0.15, -0.1) is 10.2 Å². The molecule has 6 nitrogen and oxygen atoms in total. The smallest absolute Gasteiger partial charge is 0.320 e. The Morgan fingerprint density at radius 1 is 1.44 bits per heavy atom. The number of hydrogen-bond acceptors (Lipinski definition) is 5. The second kappa shape index (κ2) is 4.65. The normalized spacial score (nSPS) is 16.0. The third kappa shape index (κ3) is 2.24. The molecular weight excluding hydrogens is 226 g/mol. The van der Waals surface area contributed by atoms with E-state index in [1.807, 2.05) is 14.0 Å². The van der Waals surface area contributed by atoms with Crippen LogP contribution in [0.15, 0.2) is 0 Å². The molecule has 1 N–H and O–H groups in total. The summed E-state index contributed by atoms with van der Waals surface area (Å²) in [5, 5.41) is 12.8. The van der Waals surface area contributed by atoms with E-state index in [4.69, 9.17) is 0 Å². The molecule has 1 aliphatic rings. The van der Waals surface area contributed by atoms with Crippen molar-refractivity contribution in [3.8, 4) is 0 Å². The molecule has 0 spiro atoms. The molecule has 1 aromatic heterocycles. The Labute approximate surface area is 98.3 Å². The van der Waals surface area contributed by atoms with Crippen LogP contribution in [0.25, 0.3) is 0 Å². The Morgan fingerprint density at radius 3 is 2.88 bits per heavy atom. The van der Waals surface area contributed by atoms with Crippen molar-refractivity contribution < 1.29 is 4.79 Å². The van der Waals surface area contributed by atoms with Gasteiger partial charge in [-0.1, -0.05) is 11.3 Å². The quantitative estimate of drug-likeness (QED) is 0.848. The Hall–Kier alpha value is -1.37. The molecule has 7 heteroatoms. The molecule has 0 bridgehead atoms. The van der Waals surface area contributed by atoms with Crippen LogP contribution in [0.4, 0.5) is 9.93 Å². The zero-order chi connectivity index (χ0) is 11.5. The molecule has 1 aliphatic heterocycles. The number of urea groups is 1. The monoisotopic (exact) mass is 241 g/mol. The van der Waals surface area contributed by atoms with Gasteiger partial charge in [-0.25, -0.2) is 4.79 Å². The Balaban J connectivity index is 1.96. The molecule has 0 radical (unpaired) electrons. The second-order valence-electron chi connectivity index (χ2n) is 3.66. The van der Waals surface area contributed by atoms with Crippen molar-refractivity contribution in [2.24, 2.45) is 0 Å². The lowest BCUT2D eigenvalue weighted by Crippen LogP contribution is -2.28. The highest BCUT2D eigenvalue weighted by molar-refractivity contribution is 7.15. The van der Waals surface area contributed by atoms with Crippen molar-refractivity contribution in [1.82, 2.24) is 20.0 Å². The Kier molecular flexibility index (Phi) is 3.23. The number of aromatic nitrogens is 2. The van der Waals surface area contributed by atoms with Gasteiger partial charge in [0.2, 0.25) is 5.13 Å². The number of anilines is 1. The van der Waals surface area contributed by atoms with E-state index in [1.54, 1.807) is 9.80 Å². The summed E-state index contributed by atoms with van der Waals surface area (Å²) in [6.07, 6.45) is 0. The first-order valence-corrected chi connectivity index (χ1v) is 6.08. The predicted molar refractivity (Wildman–Crippen MR) is 62.5 cm³/mol. The van der Waals surface area contributed by atoms with Gasteiger partial charge in [-0.3, -0.25) is 0 Å². The molecule has 2 rings (SSSR count). The summed E-state index contributed by atoms with van der Waals surface area (Å²) < 4.78 is 0. The number of carbonyl (C=O) groups is 1. The number of likely N-dealkylation sites (N-methyl/N-ethyl adjacent to an activating group) is 1. The summed E-state index contributed by atoms with van der Waals surface area (Å²) in [7, 11) is 1.81. The van der Waals surface area contributed by atoms with E-state index in [0.29, 0.717) is 6.54 Å². The van der Waals surface area contributed by atoms with Crippen molar-refractivity contribution >= 4 is 22.5 Å². The van der Waals surface area contributed by atoms with Gasteiger partial charge in [0, 0.05) is 26.7 Å². The number of rotatable bonds is 4. The molecule has 0 atom stereocenters. The van der Waals surface area contributed by atoms with Gasteiger partial charge in [0.1, 0.15) is 5.01 Å². The first kappa shape index (κ1) is 11.1. The SMILES string of the molecule is CCNc1nnc(CN2CCN(C)C2=O)s1. The van der Waals surface area contributed by atoms with Crippen LogP contribution in [0.1, 0.15) is 11.9 Å². The van der Waals surface area contributed by atoms with Gasteiger partial charge in [0.15, 0.2) is 0 Å². The Morgan fingerprint density at radius 2 is 2.25 bits per heavy atom. The van der Waals surface area contributed by atoms with E-state index >= 15 is 0 Å². The zero-order valence-corrected chi connectivity index (χ0v) is 10.3. The lowest BCUT2D eigenvalue weighted by molar-refractivity contribution is 0.197. The van der Waals surface area contributed by atoms with E-state index in [9.17, 15) is 4.79 Å².